The van der Waals surface area contributed by atoms with Crippen LogP contribution < -0.4 is 10.6 Å². The monoisotopic (exact) mass is 521 g/mol. The average molecular weight is 521 g/mol. The molecule has 168 valence electrons. The summed E-state index contributed by atoms with van der Waals surface area (Å²) in [6, 6.07) is 0.725. The largest absolute Gasteiger partial charge is 0.379 e. The Labute approximate surface area is 193 Å². The first-order chi connectivity index (χ1) is 13.4. The van der Waals surface area contributed by atoms with Gasteiger partial charge in [-0.1, -0.05) is 13.8 Å². The van der Waals surface area contributed by atoms with E-state index >= 15 is 0 Å². The average Bonchev–Trinajstić information content (AvgIpc) is 3.09. The molecule has 0 aliphatic carbocycles. The fourth-order valence-electron chi connectivity index (χ4n) is 3.69. The molecule has 1 aliphatic heterocycles. The number of morpholine rings is 1. The minimum absolute atomic E-state index is 0. The Kier molecular flexibility index (Phi) is 12.1. The Morgan fingerprint density at radius 3 is 2.41 bits per heavy atom. The second-order valence-corrected chi connectivity index (χ2v) is 8.19. The fraction of sp³-hybridized carbons (Fsp3) is 0.800. The maximum absolute atomic E-state index is 5.52. The summed E-state index contributed by atoms with van der Waals surface area (Å²) in [5, 5.41) is 11.3. The first-order valence-corrected chi connectivity index (χ1v) is 10.3. The van der Waals surface area contributed by atoms with E-state index in [0.717, 1.165) is 45.4 Å². The highest BCUT2D eigenvalue weighted by molar-refractivity contribution is 14.0. The van der Waals surface area contributed by atoms with E-state index in [-0.39, 0.29) is 30.0 Å². The lowest BCUT2D eigenvalue weighted by Crippen LogP contribution is -2.51. The molecule has 2 atom stereocenters. The van der Waals surface area contributed by atoms with Crippen molar-refractivity contribution in [2.75, 3.05) is 60.5 Å². The standard InChI is InChI=1S/C20H39N7O.HI/c1-16(2)11-18(27-7-9-28-10-8-27)13-22-20(21-3)23-14-19(25(4)5)17-12-24-26(6)15-17;/h12,15-16,18-19H,7-11,13-14H2,1-6H3,(H2,21,22,23);1H. The second kappa shape index (κ2) is 13.4. The normalized spacial score (nSPS) is 17.9. The number of halogens is 1. The third kappa shape index (κ3) is 8.77. The number of ether oxygens (including phenoxy) is 1. The van der Waals surface area contributed by atoms with E-state index in [1.807, 2.05) is 25.0 Å². The van der Waals surface area contributed by atoms with E-state index in [1.54, 1.807) is 0 Å². The molecule has 2 unspecified atom stereocenters. The number of aryl methyl sites for hydroxylation is 1. The SMILES string of the molecule is CN=C(NCC(c1cnn(C)c1)N(C)C)NCC(CC(C)C)N1CCOCC1.I. The number of guanidine groups is 1. The minimum Gasteiger partial charge on any atom is -0.379 e. The van der Waals surface area contributed by atoms with Gasteiger partial charge in [0.2, 0.25) is 0 Å². The Morgan fingerprint density at radius 2 is 1.90 bits per heavy atom. The topological polar surface area (TPSA) is 70.0 Å². The van der Waals surface area contributed by atoms with Crippen molar-refractivity contribution >= 4 is 29.9 Å². The van der Waals surface area contributed by atoms with Crippen LogP contribution in [0.4, 0.5) is 0 Å². The zero-order valence-electron chi connectivity index (χ0n) is 18.9. The van der Waals surface area contributed by atoms with Gasteiger partial charge in [0.05, 0.1) is 25.5 Å². The predicted octanol–water partition coefficient (Wildman–Crippen LogP) is 1.55. The molecule has 0 amide bonds. The molecule has 29 heavy (non-hydrogen) atoms. The third-order valence-electron chi connectivity index (χ3n) is 5.23. The molecule has 0 radical (unpaired) electrons. The molecule has 2 rings (SSSR count). The van der Waals surface area contributed by atoms with Crippen molar-refractivity contribution in [1.82, 2.24) is 30.2 Å². The van der Waals surface area contributed by atoms with E-state index < -0.39 is 0 Å². The maximum atomic E-state index is 5.52. The van der Waals surface area contributed by atoms with Crippen LogP contribution in [0.15, 0.2) is 17.4 Å². The summed E-state index contributed by atoms with van der Waals surface area (Å²) in [5.74, 6) is 1.51. The highest BCUT2D eigenvalue weighted by Gasteiger charge is 2.22. The summed E-state index contributed by atoms with van der Waals surface area (Å²) in [7, 11) is 7.96. The molecule has 1 aromatic heterocycles. The lowest BCUT2D eigenvalue weighted by molar-refractivity contribution is 0.0132. The summed E-state index contributed by atoms with van der Waals surface area (Å²) in [6.45, 7) is 9.91. The molecule has 8 nitrogen and oxygen atoms in total. The van der Waals surface area contributed by atoms with Crippen molar-refractivity contribution in [2.45, 2.75) is 32.4 Å². The van der Waals surface area contributed by atoms with Crippen LogP contribution in [-0.2, 0) is 11.8 Å². The van der Waals surface area contributed by atoms with E-state index in [9.17, 15) is 0 Å². The number of nitrogens with zero attached hydrogens (tertiary/aromatic N) is 5. The zero-order chi connectivity index (χ0) is 20.5. The molecule has 0 aromatic carbocycles. The van der Waals surface area contributed by atoms with Crippen LogP contribution >= 0.6 is 24.0 Å². The number of rotatable bonds is 9. The molecular weight excluding hydrogens is 481 g/mol. The number of hydrogen-bond donors (Lipinski definition) is 2. The zero-order valence-corrected chi connectivity index (χ0v) is 21.2. The first-order valence-electron chi connectivity index (χ1n) is 10.3. The molecule has 1 aromatic rings. The van der Waals surface area contributed by atoms with Crippen molar-refractivity contribution in [1.29, 1.82) is 0 Å². The molecule has 0 spiro atoms. The highest BCUT2D eigenvalue weighted by atomic mass is 127. The van der Waals surface area contributed by atoms with Crippen molar-refractivity contribution in [3.63, 3.8) is 0 Å². The van der Waals surface area contributed by atoms with E-state index in [2.05, 4.69) is 64.7 Å². The van der Waals surface area contributed by atoms with Crippen molar-refractivity contribution in [3.8, 4) is 0 Å². The molecule has 0 saturated carbocycles. The molecule has 0 bridgehead atoms. The third-order valence-corrected chi connectivity index (χ3v) is 5.23. The Hall–Kier alpha value is -0.910. The van der Waals surface area contributed by atoms with E-state index in [0.29, 0.717) is 12.0 Å². The summed E-state index contributed by atoms with van der Waals surface area (Å²) in [5.41, 5.74) is 1.20. The van der Waals surface area contributed by atoms with Gasteiger partial charge in [-0.25, -0.2) is 0 Å². The fourth-order valence-corrected chi connectivity index (χ4v) is 3.69. The lowest BCUT2D eigenvalue weighted by Gasteiger charge is -2.36. The molecule has 9 heteroatoms. The molecule has 1 fully saturated rings. The predicted molar refractivity (Wildman–Crippen MR) is 130 cm³/mol. The van der Waals surface area contributed by atoms with Crippen LogP contribution in [0, 0.1) is 5.92 Å². The van der Waals surface area contributed by atoms with Crippen molar-refractivity contribution in [3.05, 3.63) is 18.0 Å². The van der Waals surface area contributed by atoms with Gasteiger partial charge in [-0.05, 0) is 26.4 Å². The number of nitrogens with one attached hydrogen (secondary N) is 2. The molecule has 2 N–H and O–H groups in total. The van der Waals surface area contributed by atoms with Crippen LogP contribution in [0.2, 0.25) is 0 Å². The summed E-state index contributed by atoms with van der Waals surface area (Å²) in [6.07, 6.45) is 5.17. The van der Waals surface area contributed by atoms with Gasteiger partial charge in [-0.2, -0.15) is 5.10 Å². The number of hydrogen-bond acceptors (Lipinski definition) is 5. The quantitative estimate of drug-likeness (QED) is 0.292. The highest BCUT2D eigenvalue weighted by Crippen LogP contribution is 2.16. The summed E-state index contributed by atoms with van der Waals surface area (Å²) < 4.78 is 7.37. The Balaban J connectivity index is 0.00000420. The van der Waals surface area contributed by atoms with Crippen LogP contribution in [0.3, 0.4) is 0 Å². The Bertz CT molecular complexity index is 599. The van der Waals surface area contributed by atoms with Gasteiger partial charge < -0.3 is 20.3 Å². The van der Waals surface area contributed by atoms with Crippen LogP contribution in [0.1, 0.15) is 31.9 Å². The van der Waals surface area contributed by atoms with E-state index in [1.165, 1.54) is 12.0 Å². The van der Waals surface area contributed by atoms with Gasteiger partial charge in [0.1, 0.15) is 0 Å². The lowest BCUT2D eigenvalue weighted by atomic mass is 10.0. The van der Waals surface area contributed by atoms with Crippen LogP contribution in [0.25, 0.3) is 0 Å². The van der Waals surface area contributed by atoms with Gasteiger partial charge in [0.25, 0.3) is 0 Å². The van der Waals surface area contributed by atoms with E-state index in [4.69, 9.17) is 4.74 Å². The van der Waals surface area contributed by atoms with Crippen molar-refractivity contribution in [2.24, 2.45) is 18.0 Å². The number of aromatic nitrogens is 2. The van der Waals surface area contributed by atoms with Crippen molar-refractivity contribution < 1.29 is 4.74 Å². The molecule has 1 saturated heterocycles. The number of likely N-dealkylation sites (N-methyl/N-ethyl adjacent to an activating group) is 1. The van der Waals surface area contributed by atoms with Crippen LogP contribution in [0.5, 0.6) is 0 Å². The van der Waals surface area contributed by atoms with Crippen LogP contribution in [-0.4, -0.2) is 92.1 Å². The van der Waals surface area contributed by atoms with Gasteiger partial charge in [-0.15, -0.1) is 24.0 Å². The minimum atomic E-state index is 0. The smallest absolute Gasteiger partial charge is 0.191 e. The molecular formula is C20H40IN7O. The summed E-state index contributed by atoms with van der Waals surface area (Å²) >= 11 is 0. The van der Waals surface area contributed by atoms with Gasteiger partial charge in [0.15, 0.2) is 5.96 Å². The Morgan fingerprint density at radius 1 is 1.24 bits per heavy atom. The molecule has 2 heterocycles. The van der Waals surface area contributed by atoms with Gasteiger partial charge in [-0.3, -0.25) is 14.6 Å². The second-order valence-electron chi connectivity index (χ2n) is 8.19. The molecule has 1 aliphatic rings. The first kappa shape index (κ1) is 26.1. The summed E-state index contributed by atoms with van der Waals surface area (Å²) in [4.78, 5) is 9.17. The maximum Gasteiger partial charge on any atom is 0.191 e. The van der Waals surface area contributed by atoms with Gasteiger partial charge in [0, 0.05) is 58.1 Å². The van der Waals surface area contributed by atoms with Gasteiger partial charge >= 0.3 is 0 Å². The number of aliphatic imine (C=N–C) groups is 1.